The summed E-state index contributed by atoms with van der Waals surface area (Å²) in [4.78, 5) is 4.40. The molecule has 0 saturated carbocycles. The summed E-state index contributed by atoms with van der Waals surface area (Å²) in [5.41, 5.74) is 17.2. The van der Waals surface area contributed by atoms with Crippen LogP contribution in [0.5, 0.6) is 0 Å². The molecule has 0 amide bonds. The number of nitrogen functional groups attached to an aromatic ring is 2. The quantitative estimate of drug-likeness (QED) is 0.496. The SMILES string of the molecule is Nc1ccc(-c2csc3c(/C=C/c4ccccc4)cnc(N)c23)cc1. The van der Waals surface area contributed by atoms with Gasteiger partial charge in [0.1, 0.15) is 5.82 Å². The average molecular weight is 343 g/mol. The molecule has 2 aromatic heterocycles. The smallest absolute Gasteiger partial charge is 0.132 e. The molecule has 0 radical (unpaired) electrons. The number of hydrogen-bond acceptors (Lipinski definition) is 4. The van der Waals surface area contributed by atoms with Crippen LogP contribution < -0.4 is 11.5 Å². The Morgan fingerprint density at radius 3 is 2.40 bits per heavy atom. The third-order valence-corrected chi connectivity index (χ3v) is 5.16. The molecule has 0 aliphatic heterocycles. The van der Waals surface area contributed by atoms with Crippen molar-refractivity contribution in [1.29, 1.82) is 0 Å². The van der Waals surface area contributed by atoms with Gasteiger partial charge in [0.15, 0.2) is 0 Å². The van der Waals surface area contributed by atoms with Crippen molar-refractivity contribution in [1.82, 2.24) is 4.98 Å². The summed E-state index contributed by atoms with van der Waals surface area (Å²) >= 11 is 1.69. The van der Waals surface area contributed by atoms with Crippen LogP contribution in [0.2, 0.25) is 0 Å². The summed E-state index contributed by atoms with van der Waals surface area (Å²) in [5.74, 6) is 0.555. The fraction of sp³-hybridized carbons (Fsp3) is 0. The Labute approximate surface area is 150 Å². The maximum absolute atomic E-state index is 6.19. The average Bonchev–Trinajstić information content (AvgIpc) is 3.09. The van der Waals surface area contributed by atoms with E-state index < -0.39 is 0 Å². The van der Waals surface area contributed by atoms with E-state index in [-0.39, 0.29) is 0 Å². The van der Waals surface area contributed by atoms with E-state index in [0.717, 1.165) is 38.0 Å². The van der Waals surface area contributed by atoms with Crippen molar-refractivity contribution in [3.05, 3.63) is 77.3 Å². The Kier molecular flexibility index (Phi) is 3.96. The van der Waals surface area contributed by atoms with Crippen molar-refractivity contribution in [3.63, 3.8) is 0 Å². The molecule has 0 atom stereocenters. The lowest BCUT2D eigenvalue weighted by Gasteiger charge is -2.04. The summed E-state index contributed by atoms with van der Waals surface area (Å²) in [6, 6.07) is 18.1. The number of hydrogen-bond donors (Lipinski definition) is 2. The van der Waals surface area contributed by atoms with E-state index in [4.69, 9.17) is 11.5 Å². The van der Waals surface area contributed by atoms with E-state index in [9.17, 15) is 0 Å². The Hall–Kier alpha value is -3.11. The molecule has 4 aromatic rings. The highest BCUT2D eigenvalue weighted by Gasteiger charge is 2.12. The standard InChI is InChI=1S/C21H17N3S/c22-17-10-8-15(9-11-17)18-13-25-20-16(12-24-21(23)19(18)20)7-6-14-4-2-1-3-5-14/h1-13H,22H2,(H2,23,24)/b7-6+. The fourth-order valence-electron chi connectivity index (χ4n) is 2.83. The predicted octanol–water partition coefficient (Wildman–Crippen LogP) is 5.30. The largest absolute Gasteiger partial charge is 0.399 e. The normalized spacial score (nSPS) is 11.4. The first-order valence-electron chi connectivity index (χ1n) is 7.97. The maximum atomic E-state index is 6.19. The third kappa shape index (κ3) is 2.99. The molecule has 2 heterocycles. The van der Waals surface area contributed by atoms with Crippen molar-refractivity contribution < 1.29 is 0 Å². The predicted molar refractivity (Wildman–Crippen MR) is 109 cm³/mol. The zero-order chi connectivity index (χ0) is 17.2. The molecule has 0 bridgehead atoms. The highest BCUT2D eigenvalue weighted by molar-refractivity contribution is 7.18. The first-order chi connectivity index (χ1) is 12.2. The minimum atomic E-state index is 0.555. The number of anilines is 2. The van der Waals surface area contributed by atoms with E-state index >= 15 is 0 Å². The molecule has 25 heavy (non-hydrogen) atoms. The molecule has 0 saturated heterocycles. The second kappa shape index (κ2) is 6.42. The molecule has 0 aliphatic carbocycles. The Morgan fingerprint density at radius 2 is 1.64 bits per heavy atom. The van der Waals surface area contributed by atoms with Crippen LogP contribution >= 0.6 is 11.3 Å². The van der Waals surface area contributed by atoms with Crippen molar-refractivity contribution in [3.8, 4) is 11.1 Å². The van der Waals surface area contributed by atoms with Gasteiger partial charge in [0, 0.05) is 33.1 Å². The molecule has 0 fully saturated rings. The molecule has 0 spiro atoms. The zero-order valence-electron chi connectivity index (χ0n) is 13.5. The van der Waals surface area contributed by atoms with Crippen LogP contribution in [-0.4, -0.2) is 4.98 Å². The number of rotatable bonds is 3. The van der Waals surface area contributed by atoms with Gasteiger partial charge in [-0.25, -0.2) is 4.98 Å². The second-order valence-electron chi connectivity index (χ2n) is 5.82. The lowest BCUT2D eigenvalue weighted by Crippen LogP contribution is -1.92. The van der Waals surface area contributed by atoms with Gasteiger partial charge >= 0.3 is 0 Å². The van der Waals surface area contributed by atoms with Crippen LogP contribution in [0, 0.1) is 0 Å². The zero-order valence-corrected chi connectivity index (χ0v) is 14.3. The topological polar surface area (TPSA) is 64.9 Å². The van der Waals surface area contributed by atoms with Gasteiger partial charge in [-0.05, 0) is 28.6 Å². The van der Waals surface area contributed by atoms with Gasteiger partial charge in [0.25, 0.3) is 0 Å². The van der Waals surface area contributed by atoms with Crippen LogP contribution in [0.1, 0.15) is 11.1 Å². The van der Waals surface area contributed by atoms with Crippen molar-refractivity contribution in [2.45, 2.75) is 0 Å². The van der Waals surface area contributed by atoms with Gasteiger partial charge < -0.3 is 11.5 Å². The van der Waals surface area contributed by atoms with Crippen molar-refractivity contribution in [2.75, 3.05) is 11.5 Å². The molecule has 0 unspecified atom stereocenters. The third-order valence-electron chi connectivity index (χ3n) is 4.13. The Bertz CT molecular complexity index is 1050. The van der Waals surface area contributed by atoms with Crippen LogP contribution in [0.25, 0.3) is 33.4 Å². The van der Waals surface area contributed by atoms with Crippen LogP contribution in [-0.2, 0) is 0 Å². The first kappa shape index (κ1) is 15.4. The van der Waals surface area contributed by atoms with Crippen molar-refractivity contribution >= 4 is 45.1 Å². The Balaban J connectivity index is 1.82. The van der Waals surface area contributed by atoms with Crippen molar-refractivity contribution in [2.24, 2.45) is 0 Å². The molecule has 4 rings (SSSR count). The first-order valence-corrected chi connectivity index (χ1v) is 8.85. The number of thiophene rings is 1. The molecular formula is C21H17N3S. The van der Waals surface area contributed by atoms with Gasteiger partial charge in [-0.1, -0.05) is 54.6 Å². The molecule has 0 aliphatic rings. The van der Waals surface area contributed by atoms with E-state index in [1.54, 1.807) is 11.3 Å². The summed E-state index contributed by atoms with van der Waals surface area (Å²) in [7, 11) is 0. The highest BCUT2D eigenvalue weighted by Crippen LogP contribution is 2.39. The number of benzene rings is 2. The summed E-state index contributed by atoms with van der Waals surface area (Å²) < 4.78 is 1.14. The van der Waals surface area contributed by atoms with Gasteiger partial charge in [0.05, 0.1) is 0 Å². The second-order valence-corrected chi connectivity index (χ2v) is 6.70. The summed E-state index contributed by atoms with van der Waals surface area (Å²) in [6.07, 6.45) is 6.02. The van der Waals surface area contributed by atoms with Crippen LogP contribution in [0.3, 0.4) is 0 Å². The molecule has 2 aromatic carbocycles. The number of nitrogens with zero attached hydrogens (tertiary/aromatic N) is 1. The maximum Gasteiger partial charge on any atom is 0.132 e. The number of pyridine rings is 1. The molecular weight excluding hydrogens is 326 g/mol. The monoisotopic (exact) mass is 343 g/mol. The minimum absolute atomic E-state index is 0.555. The molecule has 4 heteroatoms. The number of fused-ring (bicyclic) bond motifs is 1. The van der Waals surface area contributed by atoms with Gasteiger partial charge in [-0.15, -0.1) is 11.3 Å². The van der Waals surface area contributed by atoms with Gasteiger partial charge in [-0.2, -0.15) is 0 Å². The Morgan fingerprint density at radius 1 is 0.880 bits per heavy atom. The number of aromatic nitrogens is 1. The highest BCUT2D eigenvalue weighted by atomic mass is 32.1. The molecule has 122 valence electrons. The lowest BCUT2D eigenvalue weighted by atomic mass is 10.0. The summed E-state index contributed by atoms with van der Waals surface area (Å²) in [5, 5.41) is 3.14. The van der Waals surface area contributed by atoms with Crippen LogP contribution in [0.4, 0.5) is 11.5 Å². The van der Waals surface area contributed by atoms with E-state index in [0.29, 0.717) is 5.82 Å². The summed E-state index contributed by atoms with van der Waals surface area (Å²) in [6.45, 7) is 0. The number of nitrogens with two attached hydrogens (primary N) is 2. The van der Waals surface area contributed by atoms with E-state index in [1.807, 2.05) is 48.7 Å². The lowest BCUT2D eigenvalue weighted by molar-refractivity contribution is 1.37. The molecule has 4 N–H and O–H groups in total. The molecule has 3 nitrogen and oxygen atoms in total. The fourth-order valence-corrected chi connectivity index (χ4v) is 3.91. The van der Waals surface area contributed by atoms with Gasteiger partial charge in [-0.3, -0.25) is 0 Å². The minimum Gasteiger partial charge on any atom is -0.399 e. The van der Waals surface area contributed by atoms with Gasteiger partial charge in [0.2, 0.25) is 0 Å². The van der Waals surface area contributed by atoms with E-state index in [1.165, 1.54) is 0 Å². The van der Waals surface area contributed by atoms with E-state index in [2.05, 4.69) is 34.6 Å². The van der Waals surface area contributed by atoms with Crippen LogP contribution in [0.15, 0.2) is 66.2 Å².